The molecule has 0 radical (unpaired) electrons. The maximum Gasteiger partial charge on any atom is 0.315 e. The van der Waals surface area contributed by atoms with Gasteiger partial charge in [0.05, 0.1) is 12.2 Å². The number of carboxylic acid groups (broad SMARTS) is 1. The zero-order valence-corrected chi connectivity index (χ0v) is 12.9. The lowest BCUT2D eigenvalue weighted by atomic mass is 9.86. The number of hydrogen-bond donors (Lipinski definition) is 4. The molecule has 1 fully saturated rings. The third-order valence-corrected chi connectivity index (χ3v) is 4.09. The molecule has 0 aromatic carbocycles. The van der Waals surface area contributed by atoms with Crippen LogP contribution in [-0.2, 0) is 14.8 Å². The van der Waals surface area contributed by atoms with E-state index in [2.05, 4.69) is 15.4 Å². The van der Waals surface area contributed by atoms with Gasteiger partial charge in [-0.1, -0.05) is 6.42 Å². The van der Waals surface area contributed by atoms with Gasteiger partial charge in [0, 0.05) is 19.1 Å². The first kappa shape index (κ1) is 17.7. The van der Waals surface area contributed by atoms with E-state index in [9.17, 15) is 18.0 Å². The van der Waals surface area contributed by atoms with Crippen LogP contribution in [0.25, 0.3) is 0 Å². The molecule has 122 valence electrons. The molecule has 0 aromatic rings. The molecule has 2 unspecified atom stereocenters. The first-order valence-corrected chi connectivity index (χ1v) is 8.89. The topological polar surface area (TPSA) is 125 Å². The quantitative estimate of drug-likeness (QED) is 0.486. The summed E-state index contributed by atoms with van der Waals surface area (Å²) in [5.74, 6) is -1.20. The van der Waals surface area contributed by atoms with Crippen LogP contribution in [0.3, 0.4) is 0 Å². The Kier molecular flexibility index (Phi) is 6.90. The number of amides is 2. The Bertz CT molecular complexity index is 466. The molecule has 1 rings (SSSR count). The molecule has 0 aliphatic heterocycles. The highest BCUT2D eigenvalue weighted by molar-refractivity contribution is 7.88. The number of urea groups is 1. The molecule has 0 aromatic heterocycles. The van der Waals surface area contributed by atoms with Gasteiger partial charge in [-0.25, -0.2) is 17.9 Å². The van der Waals surface area contributed by atoms with Crippen LogP contribution in [0, 0.1) is 5.92 Å². The van der Waals surface area contributed by atoms with Crippen LogP contribution in [0.2, 0.25) is 0 Å². The summed E-state index contributed by atoms with van der Waals surface area (Å²) in [5, 5.41) is 14.4. The largest absolute Gasteiger partial charge is 0.481 e. The van der Waals surface area contributed by atoms with Crippen LogP contribution in [0.5, 0.6) is 0 Å². The summed E-state index contributed by atoms with van der Waals surface area (Å²) in [4.78, 5) is 22.6. The van der Waals surface area contributed by atoms with Crippen LogP contribution < -0.4 is 15.4 Å². The molecule has 0 saturated heterocycles. The predicted molar refractivity (Wildman–Crippen MR) is 77.4 cm³/mol. The Labute approximate surface area is 124 Å². The monoisotopic (exact) mass is 321 g/mol. The van der Waals surface area contributed by atoms with Gasteiger partial charge in [0.2, 0.25) is 10.0 Å². The fourth-order valence-corrected chi connectivity index (χ4v) is 2.84. The summed E-state index contributed by atoms with van der Waals surface area (Å²) in [7, 11) is -3.20. The third kappa shape index (κ3) is 7.86. The van der Waals surface area contributed by atoms with E-state index in [1.54, 1.807) is 0 Å². The molecular weight excluding hydrogens is 298 g/mol. The SMILES string of the molecule is CS(=O)(=O)NCCCNC(=O)NC1CCCC(C(=O)O)C1. The molecule has 8 nitrogen and oxygen atoms in total. The summed E-state index contributed by atoms with van der Waals surface area (Å²) < 4.78 is 24.0. The van der Waals surface area contributed by atoms with Gasteiger partial charge in [-0.05, 0) is 25.7 Å². The van der Waals surface area contributed by atoms with Crippen molar-refractivity contribution < 1.29 is 23.1 Å². The second kappa shape index (κ2) is 8.18. The Morgan fingerprint density at radius 1 is 1.24 bits per heavy atom. The highest BCUT2D eigenvalue weighted by atomic mass is 32.2. The molecule has 0 spiro atoms. The third-order valence-electron chi connectivity index (χ3n) is 3.36. The number of nitrogens with one attached hydrogen (secondary N) is 3. The van der Waals surface area contributed by atoms with Gasteiger partial charge >= 0.3 is 12.0 Å². The Balaban J connectivity index is 2.17. The van der Waals surface area contributed by atoms with Crippen molar-refractivity contribution in [3.8, 4) is 0 Å². The molecule has 0 bridgehead atoms. The van der Waals surface area contributed by atoms with E-state index < -0.39 is 16.0 Å². The molecule has 2 atom stereocenters. The van der Waals surface area contributed by atoms with Crippen molar-refractivity contribution in [2.75, 3.05) is 19.3 Å². The molecule has 1 aliphatic carbocycles. The zero-order chi connectivity index (χ0) is 15.9. The van der Waals surface area contributed by atoms with Crippen LogP contribution in [0.1, 0.15) is 32.1 Å². The predicted octanol–water partition coefficient (Wildman–Crippen LogP) is -0.132. The van der Waals surface area contributed by atoms with E-state index in [0.717, 1.165) is 19.1 Å². The average molecular weight is 321 g/mol. The van der Waals surface area contributed by atoms with Gasteiger partial charge in [-0.3, -0.25) is 4.79 Å². The first-order valence-electron chi connectivity index (χ1n) is 7.00. The van der Waals surface area contributed by atoms with E-state index in [1.807, 2.05) is 0 Å². The zero-order valence-electron chi connectivity index (χ0n) is 12.1. The molecule has 21 heavy (non-hydrogen) atoms. The van der Waals surface area contributed by atoms with Gasteiger partial charge in [0.15, 0.2) is 0 Å². The lowest BCUT2D eigenvalue weighted by molar-refractivity contribution is -0.143. The van der Waals surface area contributed by atoms with Crippen LogP contribution in [0.4, 0.5) is 4.79 Å². The second-order valence-corrected chi connectivity index (χ2v) is 7.15. The standard InChI is InChI=1S/C12H23N3O5S/c1-21(19,20)14-7-3-6-13-12(18)15-10-5-2-4-9(8-10)11(16)17/h9-10,14H,2-8H2,1H3,(H,16,17)(H2,13,15,18). The van der Waals surface area contributed by atoms with Crippen LogP contribution in [-0.4, -0.2) is 50.9 Å². The normalized spacial score (nSPS) is 22.5. The molecule has 0 heterocycles. The average Bonchev–Trinajstić information content (AvgIpc) is 2.37. The van der Waals surface area contributed by atoms with E-state index in [0.29, 0.717) is 25.8 Å². The minimum absolute atomic E-state index is 0.117. The first-order chi connectivity index (χ1) is 9.78. The van der Waals surface area contributed by atoms with Crippen molar-refractivity contribution in [1.82, 2.24) is 15.4 Å². The summed E-state index contributed by atoms with van der Waals surface area (Å²) >= 11 is 0. The number of rotatable bonds is 7. The summed E-state index contributed by atoms with van der Waals surface area (Å²) in [6.45, 7) is 0.618. The van der Waals surface area contributed by atoms with E-state index in [-0.39, 0.29) is 24.5 Å². The van der Waals surface area contributed by atoms with Gasteiger partial charge < -0.3 is 15.7 Å². The highest BCUT2D eigenvalue weighted by Gasteiger charge is 2.27. The summed E-state index contributed by atoms with van der Waals surface area (Å²) in [6, 6.07) is -0.459. The van der Waals surface area contributed by atoms with Crippen molar-refractivity contribution >= 4 is 22.0 Å². The maximum absolute atomic E-state index is 11.6. The lowest BCUT2D eigenvalue weighted by Gasteiger charge is -2.27. The van der Waals surface area contributed by atoms with Crippen molar-refractivity contribution in [2.45, 2.75) is 38.1 Å². The molecule has 1 aliphatic rings. The minimum atomic E-state index is -3.20. The molecule has 1 saturated carbocycles. The maximum atomic E-state index is 11.6. The smallest absolute Gasteiger partial charge is 0.315 e. The number of carbonyl (C=O) groups excluding carboxylic acids is 1. The summed E-state index contributed by atoms with van der Waals surface area (Å²) in [6.07, 6.45) is 4.26. The molecule has 4 N–H and O–H groups in total. The minimum Gasteiger partial charge on any atom is -0.481 e. The Morgan fingerprint density at radius 3 is 2.57 bits per heavy atom. The van der Waals surface area contributed by atoms with Gasteiger partial charge in [-0.2, -0.15) is 0 Å². The van der Waals surface area contributed by atoms with E-state index in [1.165, 1.54) is 0 Å². The molecule has 2 amide bonds. The highest BCUT2D eigenvalue weighted by Crippen LogP contribution is 2.24. The van der Waals surface area contributed by atoms with Crippen molar-refractivity contribution in [1.29, 1.82) is 0 Å². The number of aliphatic carboxylic acids is 1. The van der Waals surface area contributed by atoms with E-state index in [4.69, 9.17) is 5.11 Å². The fourth-order valence-electron chi connectivity index (χ4n) is 2.33. The molecule has 9 heteroatoms. The van der Waals surface area contributed by atoms with Crippen molar-refractivity contribution in [3.63, 3.8) is 0 Å². The van der Waals surface area contributed by atoms with Gasteiger partial charge in [0.1, 0.15) is 0 Å². The number of carboxylic acids is 1. The van der Waals surface area contributed by atoms with Gasteiger partial charge in [0.25, 0.3) is 0 Å². The summed E-state index contributed by atoms with van der Waals surface area (Å²) in [5.41, 5.74) is 0. The fraction of sp³-hybridized carbons (Fsp3) is 0.833. The van der Waals surface area contributed by atoms with E-state index >= 15 is 0 Å². The van der Waals surface area contributed by atoms with Crippen molar-refractivity contribution in [3.05, 3.63) is 0 Å². The number of carbonyl (C=O) groups is 2. The number of hydrogen-bond acceptors (Lipinski definition) is 4. The lowest BCUT2D eigenvalue weighted by Crippen LogP contribution is -2.45. The van der Waals surface area contributed by atoms with Crippen molar-refractivity contribution in [2.24, 2.45) is 5.92 Å². The van der Waals surface area contributed by atoms with Crippen LogP contribution >= 0.6 is 0 Å². The van der Waals surface area contributed by atoms with Crippen LogP contribution in [0.15, 0.2) is 0 Å². The molecular formula is C12H23N3O5S. The van der Waals surface area contributed by atoms with Gasteiger partial charge in [-0.15, -0.1) is 0 Å². The Morgan fingerprint density at radius 2 is 1.95 bits per heavy atom. The Hall–Kier alpha value is -1.35. The second-order valence-electron chi connectivity index (χ2n) is 5.32. The number of sulfonamides is 1.